The van der Waals surface area contributed by atoms with Crippen LogP contribution < -0.4 is 4.74 Å². The average molecular weight is 285 g/mol. The van der Waals surface area contributed by atoms with E-state index in [1.807, 2.05) is 35.9 Å². The number of aryl methyl sites for hydroxylation is 2. The van der Waals surface area contributed by atoms with E-state index in [4.69, 9.17) is 4.74 Å². The van der Waals surface area contributed by atoms with Gasteiger partial charge in [0.2, 0.25) is 0 Å². The molecule has 3 aromatic rings. The topological polar surface area (TPSA) is 69.3 Å². The summed E-state index contributed by atoms with van der Waals surface area (Å²) in [7, 11) is 5.24. The second-order valence-corrected chi connectivity index (χ2v) is 4.82. The van der Waals surface area contributed by atoms with Crippen molar-refractivity contribution in [3.8, 4) is 17.1 Å². The maximum absolute atomic E-state index is 11.4. The summed E-state index contributed by atoms with van der Waals surface area (Å²) in [6, 6.07) is 7.71. The molecule has 0 saturated heterocycles. The number of carbonyl (C=O) groups is 1. The Labute approximate surface area is 121 Å². The lowest BCUT2D eigenvalue weighted by atomic mass is 10.2. The van der Waals surface area contributed by atoms with Crippen molar-refractivity contribution < 1.29 is 14.6 Å². The largest absolute Gasteiger partial charge is 0.495 e. The van der Waals surface area contributed by atoms with E-state index < -0.39 is 5.97 Å². The maximum atomic E-state index is 11.4. The highest BCUT2D eigenvalue weighted by Crippen LogP contribution is 2.33. The second-order valence-electron chi connectivity index (χ2n) is 4.82. The molecule has 0 unspecified atom stereocenters. The normalized spacial score (nSPS) is 11.0. The number of hydrogen-bond acceptors (Lipinski definition) is 3. The molecule has 0 saturated carbocycles. The number of aromatic carboxylic acids is 1. The lowest BCUT2D eigenvalue weighted by Crippen LogP contribution is -2.04. The summed E-state index contributed by atoms with van der Waals surface area (Å²) in [6.07, 6.45) is 1.37. The summed E-state index contributed by atoms with van der Waals surface area (Å²) in [5, 5.41) is 14.4. The van der Waals surface area contributed by atoms with Gasteiger partial charge in [-0.2, -0.15) is 5.10 Å². The minimum atomic E-state index is -0.990. The molecule has 0 aliphatic rings. The third-order valence-electron chi connectivity index (χ3n) is 3.65. The first-order valence-electron chi connectivity index (χ1n) is 6.42. The molecule has 2 heterocycles. The number of carboxylic acids is 1. The Morgan fingerprint density at radius 2 is 2.10 bits per heavy atom. The zero-order valence-corrected chi connectivity index (χ0v) is 12.0. The van der Waals surface area contributed by atoms with E-state index in [0.29, 0.717) is 5.69 Å². The Kier molecular flexibility index (Phi) is 2.94. The highest BCUT2D eigenvalue weighted by atomic mass is 16.5. The number of methoxy groups -OCH3 is 1. The van der Waals surface area contributed by atoms with Gasteiger partial charge in [-0.05, 0) is 12.1 Å². The zero-order chi connectivity index (χ0) is 15.1. The number of para-hydroxylation sites is 1. The number of benzene rings is 1. The van der Waals surface area contributed by atoms with Gasteiger partial charge in [-0.1, -0.05) is 12.1 Å². The van der Waals surface area contributed by atoms with Crippen molar-refractivity contribution in [3.05, 3.63) is 36.0 Å². The van der Waals surface area contributed by atoms with Crippen molar-refractivity contribution in [2.24, 2.45) is 14.1 Å². The first-order chi connectivity index (χ1) is 10.0. The van der Waals surface area contributed by atoms with E-state index in [1.165, 1.54) is 6.20 Å². The van der Waals surface area contributed by atoms with Gasteiger partial charge in [0.25, 0.3) is 0 Å². The van der Waals surface area contributed by atoms with E-state index in [1.54, 1.807) is 18.8 Å². The molecule has 0 aliphatic carbocycles. The van der Waals surface area contributed by atoms with Gasteiger partial charge < -0.3 is 14.4 Å². The lowest BCUT2D eigenvalue weighted by Gasteiger charge is -2.08. The molecule has 0 radical (unpaired) electrons. The van der Waals surface area contributed by atoms with Crippen LogP contribution in [0, 0.1) is 0 Å². The van der Waals surface area contributed by atoms with E-state index in [9.17, 15) is 9.90 Å². The second kappa shape index (κ2) is 4.66. The SMILES string of the molecule is COc1cccc2cc(-c3c(C(=O)O)cnn3C)n(C)c12. The van der Waals surface area contributed by atoms with Gasteiger partial charge in [-0.3, -0.25) is 4.68 Å². The molecular weight excluding hydrogens is 270 g/mol. The van der Waals surface area contributed by atoms with Gasteiger partial charge in [0, 0.05) is 19.5 Å². The molecule has 3 rings (SSSR count). The van der Waals surface area contributed by atoms with Crippen molar-refractivity contribution in [2.75, 3.05) is 7.11 Å². The van der Waals surface area contributed by atoms with Crippen LogP contribution in [0.25, 0.3) is 22.3 Å². The fraction of sp³-hybridized carbons (Fsp3) is 0.200. The van der Waals surface area contributed by atoms with Crippen molar-refractivity contribution in [1.82, 2.24) is 14.3 Å². The Morgan fingerprint density at radius 1 is 1.33 bits per heavy atom. The van der Waals surface area contributed by atoms with Gasteiger partial charge in [-0.15, -0.1) is 0 Å². The van der Waals surface area contributed by atoms with Crippen LogP contribution in [-0.4, -0.2) is 32.5 Å². The minimum absolute atomic E-state index is 0.183. The molecule has 0 atom stereocenters. The summed E-state index contributed by atoms with van der Waals surface area (Å²) in [4.78, 5) is 11.4. The fourth-order valence-corrected chi connectivity index (χ4v) is 2.67. The molecule has 1 aromatic carbocycles. The molecule has 0 spiro atoms. The smallest absolute Gasteiger partial charge is 0.339 e. The Balaban J connectivity index is 2.35. The quantitative estimate of drug-likeness (QED) is 0.801. The van der Waals surface area contributed by atoms with Crippen molar-refractivity contribution in [3.63, 3.8) is 0 Å². The number of fused-ring (bicyclic) bond motifs is 1. The summed E-state index contributed by atoms with van der Waals surface area (Å²) in [5.41, 5.74) is 2.46. The third kappa shape index (κ3) is 1.87. The standard InChI is InChI=1S/C15H15N3O3/c1-17-11(14-10(15(19)20)8-16-18(14)2)7-9-5-4-6-12(21-3)13(9)17/h4-8H,1-3H3,(H,19,20). The summed E-state index contributed by atoms with van der Waals surface area (Å²) in [6.45, 7) is 0. The van der Waals surface area contributed by atoms with Gasteiger partial charge >= 0.3 is 5.97 Å². The number of rotatable bonds is 3. The van der Waals surface area contributed by atoms with Crippen LogP contribution in [0.2, 0.25) is 0 Å². The van der Waals surface area contributed by atoms with E-state index in [-0.39, 0.29) is 5.56 Å². The highest BCUT2D eigenvalue weighted by molar-refractivity contribution is 5.97. The number of carboxylic acid groups (broad SMARTS) is 1. The van der Waals surface area contributed by atoms with Crippen LogP contribution in [0.15, 0.2) is 30.5 Å². The van der Waals surface area contributed by atoms with Gasteiger partial charge in [0.15, 0.2) is 0 Å². The van der Waals surface area contributed by atoms with Crippen LogP contribution >= 0.6 is 0 Å². The number of nitrogens with zero attached hydrogens (tertiary/aromatic N) is 3. The summed E-state index contributed by atoms with van der Waals surface area (Å²) >= 11 is 0. The molecule has 0 bridgehead atoms. The first kappa shape index (κ1) is 13.2. The molecule has 0 fully saturated rings. The number of hydrogen-bond donors (Lipinski definition) is 1. The van der Waals surface area contributed by atoms with Gasteiger partial charge in [-0.25, -0.2) is 4.79 Å². The average Bonchev–Trinajstić information content (AvgIpc) is 2.99. The number of aromatic nitrogens is 3. The van der Waals surface area contributed by atoms with E-state index in [0.717, 1.165) is 22.3 Å². The van der Waals surface area contributed by atoms with Crippen LogP contribution in [0.3, 0.4) is 0 Å². The predicted octanol–water partition coefficient (Wildman–Crippen LogP) is 2.29. The zero-order valence-electron chi connectivity index (χ0n) is 12.0. The van der Waals surface area contributed by atoms with Crippen LogP contribution in [0.1, 0.15) is 10.4 Å². The van der Waals surface area contributed by atoms with E-state index >= 15 is 0 Å². The summed E-state index contributed by atoms with van der Waals surface area (Å²) < 4.78 is 8.89. The van der Waals surface area contributed by atoms with Crippen molar-refractivity contribution in [2.45, 2.75) is 0 Å². The Hall–Kier alpha value is -2.76. The third-order valence-corrected chi connectivity index (χ3v) is 3.65. The molecule has 6 nitrogen and oxygen atoms in total. The Morgan fingerprint density at radius 3 is 2.76 bits per heavy atom. The molecule has 1 N–H and O–H groups in total. The monoisotopic (exact) mass is 285 g/mol. The van der Waals surface area contributed by atoms with Gasteiger partial charge in [0.05, 0.1) is 30.2 Å². The van der Waals surface area contributed by atoms with Crippen molar-refractivity contribution in [1.29, 1.82) is 0 Å². The molecular formula is C15H15N3O3. The highest BCUT2D eigenvalue weighted by Gasteiger charge is 2.21. The lowest BCUT2D eigenvalue weighted by molar-refractivity contribution is 0.0697. The van der Waals surface area contributed by atoms with Crippen molar-refractivity contribution >= 4 is 16.9 Å². The number of ether oxygens (including phenoxy) is 1. The first-order valence-corrected chi connectivity index (χ1v) is 6.42. The predicted molar refractivity (Wildman–Crippen MR) is 78.6 cm³/mol. The molecule has 108 valence electrons. The molecule has 0 aliphatic heterocycles. The molecule has 2 aromatic heterocycles. The summed E-state index contributed by atoms with van der Waals surface area (Å²) in [5.74, 6) is -0.240. The minimum Gasteiger partial charge on any atom is -0.495 e. The molecule has 21 heavy (non-hydrogen) atoms. The van der Waals surface area contributed by atoms with E-state index in [2.05, 4.69) is 5.10 Å². The van der Waals surface area contributed by atoms with Crippen LogP contribution in [-0.2, 0) is 14.1 Å². The maximum Gasteiger partial charge on any atom is 0.339 e. The van der Waals surface area contributed by atoms with Gasteiger partial charge in [0.1, 0.15) is 11.3 Å². The Bertz CT molecular complexity index is 845. The molecule has 0 amide bonds. The van der Waals surface area contributed by atoms with Crippen LogP contribution in [0.5, 0.6) is 5.75 Å². The fourth-order valence-electron chi connectivity index (χ4n) is 2.67. The van der Waals surface area contributed by atoms with Crippen LogP contribution in [0.4, 0.5) is 0 Å². The molecule has 6 heteroatoms.